The first-order chi connectivity index (χ1) is 12.2. The van der Waals surface area contributed by atoms with Gasteiger partial charge in [-0.1, -0.05) is 17.3 Å². The van der Waals surface area contributed by atoms with Gasteiger partial charge in [-0.25, -0.2) is 0 Å². The summed E-state index contributed by atoms with van der Waals surface area (Å²) in [5.41, 5.74) is 1.33. The minimum absolute atomic E-state index is 0.139. The fraction of sp³-hybridized carbons (Fsp3) is 0.167. The molecule has 0 unspecified atom stereocenters. The molecule has 1 amide bonds. The van der Waals surface area contributed by atoms with E-state index in [1.807, 2.05) is 12.1 Å². The van der Waals surface area contributed by atoms with Crippen molar-refractivity contribution in [2.45, 2.75) is 6.92 Å². The molecule has 7 nitrogen and oxygen atoms in total. The smallest absolute Gasteiger partial charge is 0.262 e. The highest BCUT2D eigenvalue weighted by Gasteiger charge is 2.13. The van der Waals surface area contributed by atoms with Crippen molar-refractivity contribution in [2.75, 3.05) is 19.0 Å². The summed E-state index contributed by atoms with van der Waals surface area (Å²) in [5.74, 6) is 1.83. The molecule has 25 heavy (non-hydrogen) atoms. The van der Waals surface area contributed by atoms with Gasteiger partial charge in [0.15, 0.2) is 6.61 Å². The fourth-order valence-electron chi connectivity index (χ4n) is 2.20. The molecule has 128 valence electrons. The Labute approximate surface area is 144 Å². The van der Waals surface area contributed by atoms with Crippen molar-refractivity contribution in [3.8, 4) is 22.9 Å². The van der Waals surface area contributed by atoms with Gasteiger partial charge in [0, 0.05) is 12.6 Å². The van der Waals surface area contributed by atoms with Crippen LogP contribution in [0.5, 0.6) is 11.5 Å². The number of carbonyl (C=O) groups excluding carboxylic acids is 1. The van der Waals surface area contributed by atoms with Crippen LogP contribution in [0, 0.1) is 6.92 Å². The van der Waals surface area contributed by atoms with E-state index in [4.69, 9.17) is 14.0 Å². The number of anilines is 1. The van der Waals surface area contributed by atoms with Crippen molar-refractivity contribution < 1.29 is 18.8 Å². The number of nitrogens with zero attached hydrogens (tertiary/aromatic N) is 2. The molecule has 1 aromatic heterocycles. The molecular formula is C18H17N3O4. The Kier molecular flexibility index (Phi) is 4.94. The first kappa shape index (κ1) is 16.5. The summed E-state index contributed by atoms with van der Waals surface area (Å²) in [5, 5.41) is 6.64. The summed E-state index contributed by atoms with van der Waals surface area (Å²) in [6, 6.07) is 14.3. The predicted molar refractivity (Wildman–Crippen MR) is 91.6 cm³/mol. The third-order valence-electron chi connectivity index (χ3n) is 3.39. The zero-order valence-electron chi connectivity index (χ0n) is 13.9. The number of amides is 1. The standard InChI is InChI=1S/C18H17N3O4/c1-12-19-18(21-25-12)15-5-3-4-6-16(15)24-11-17(22)20-13-7-9-14(23-2)10-8-13/h3-10H,11H2,1-2H3,(H,20,22). The molecule has 0 aliphatic heterocycles. The lowest BCUT2D eigenvalue weighted by atomic mass is 10.2. The van der Waals surface area contributed by atoms with E-state index in [2.05, 4.69) is 15.5 Å². The van der Waals surface area contributed by atoms with E-state index in [1.165, 1.54) is 0 Å². The topological polar surface area (TPSA) is 86.5 Å². The summed E-state index contributed by atoms with van der Waals surface area (Å²) in [4.78, 5) is 16.3. The van der Waals surface area contributed by atoms with Gasteiger partial charge < -0.3 is 19.3 Å². The van der Waals surface area contributed by atoms with E-state index in [9.17, 15) is 4.79 Å². The van der Waals surface area contributed by atoms with Crippen molar-refractivity contribution in [3.63, 3.8) is 0 Å². The maximum Gasteiger partial charge on any atom is 0.262 e. The van der Waals surface area contributed by atoms with Crippen LogP contribution in [0.2, 0.25) is 0 Å². The van der Waals surface area contributed by atoms with Crippen LogP contribution in [0.3, 0.4) is 0 Å². The van der Waals surface area contributed by atoms with Crippen LogP contribution in [0.25, 0.3) is 11.4 Å². The number of rotatable bonds is 6. The SMILES string of the molecule is COc1ccc(NC(=O)COc2ccccc2-c2noc(C)n2)cc1. The average molecular weight is 339 g/mol. The molecule has 0 aliphatic carbocycles. The van der Waals surface area contributed by atoms with E-state index in [-0.39, 0.29) is 12.5 Å². The molecule has 7 heteroatoms. The van der Waals surface area contributed by atoms with Crippen molar-refractivity contribution in [3.05, 3.63) is 54.4 Å². The Morgan fingerprint density at radius 2 is 1.92 bits per heavy atom. The van der Waals surface area contributed by atoms with E-state index >= 15 is 0 Å². The Hall–Kier alpha value is -3.35. The van der Waals surface area contributed by atoms with Crippen molar-refractivity contribution in [1.82, 2.24) is 10.1 Å². The van der Waals surface area contributed by atoms with Crippen LogP contribution in [0.4, 0.5) is 5.69 Å². The minimum Gasteiger partial charge on any atom is -0.497 e. The van der Waals surface area contributed by atoms with Crippen LogP contribution < -0.4 is 14.8 Å². The lowest BCUT2D eigenvalue weighted by molar-refractivity contribution is -0.118. The molecule has 0 spiro atoms. The van der Waals surface area contributed by atoms with Crippen molar-refractivity contribution in [2.24, 2.45) is 0 Å². The second-order valence-electron chi connectivity index (χ2n) is 5.20. The van der Waals surface area contributed by atoms with Gasteiger partial charge in [0.1, 0.15) is 11.5 Å². The average Bonchev–Trinajstić information content (AvgIpc) is 3.07. The van der Waals surface area contributed by atoms with Crippen LogP contribution >= 0.6 is 0 Å². The second kappa shape index (κ2) is 7.48. The molecule has 0 saturated carbocycles. The van der Waals surface area contributed by atoms with Crippen LogP contribution in [-0.4, -0.2) is 29.8 Å². The highest BCUT2D eigenvalue weighted by atomic mass is 16.5. The highest BCUT2D eigenvalue weighted by molar-refractivity contribution is 5.92. The zero-order chi connectivity index (χ0) is 17.6. The number of methoxy groups -OCH3 is 1. The Bertz CT molecular complexity index is 859. The van der Waals surface area contributed by atoms with Gasteiger partial charge in [-0.05, 0) is 36.4 Å². The number of aromatic nitrogens is 2. The van der Waals surface area contributed by atoms with E-state index < -0.39 is 0 Å². The van der Waals surface area contributed by atoms with E-state index in [1.54, 1.807) is 50.4 Å². The lowest BCUT2D eigenvalue weighted by Gasteiger charge is -2.10. The van der Waals surface area contributed by atoms with Gasteiger partial charge in [-0.3, -0.25) is 4.79 Å². The van der Waals surface area contributed by atoms with Crippen molar-refractivity contribution >= 4 is 11.6 Å². The van der Waals surface area contributed by atoms with Crippen LogP contribution in [0.15, 0.2) is 53.1 Å². The molecule has 1 N–H and O–H groups in total. The number of ether oxygens (including phenoxy) is 2. The maximum absolute atomic E-state index is 12.1. The maximum atomic E-state index is 12.1. The summed E-state index contributed by atoms with van der Waals surface area (Å²) in [7, 11) is 1.59. The van der Waals surface area contributed by atoms with Gasteiger partial charge >= 0.3 is 0 Å². The highest BCUT2D eigenvalue weighted by Crippen LogP contribution is 2.27. The van der Waals surface area contributed by atoms with Crippen LogP contribution in [0.1, 0.15) is 5.89 Å². The monoisotopic (exact) mass is 339 g/mol. The van der Waals surface area contributed by atoms with Gasteiger partial charge in [-0.15, -0.1) is 0 Å². The summed E-state index contributed by atoms with van der Waals surface area (Å²) in [6.07, 6.45) is 0. The van der Waals surface area contributed by atoms with E-state index in [0.717, 1.165) is 5.75 Å². The predicted octanol–water partition coefficient (Wildman–Crippen LogP) is 3.07. The first-order valence-corrected chi connectivity index (χ1v) is 7.62. The second-order valence-corrected chi connectivity index (χ2v) is 5.20. The zero-order valence-corrected chi connectivity index (χ0v) is 13.9. The third kappa shape index (κ3) is 4.14. The van der Waals surface area contributed by atoms with Gasteiger partial charge in [-0.2, -0.15) is 4.98 Å². The fourth-order valence-corrected chi connectivity index (χ4v) is 2.20. The quantitative estimate of drug-likeness (QED) is 0.743. The summed E-state index contributed by atoms with van der Waals surface area (Å²) >= 11 is 0. The Morgan fingerprint density at radius 3 is 2.60 bits per heavy atom. The molecule has 0 fully saturated rings. The number of carbonyl (C=O) groups is 1. The lowest BCUT2D eigenvalue weighted by Crippen LogP contribution is -2.20. The molecule has 0 aliphatic rings. The molecule has 1 heterocycles. The number of hydrogen-bond acceptors (Lipinski definition) is 6. The molecule has 0 atom stereocenters. The van der Waals surface area contributed by atoms with Gasteiger partial charge in [0.2, 0.25) is 11.7 Å². The summed E-state index contributed by atoms with van der Waals surface area (Å²) in [6.45, 7) is 1.57. The normalized spacial score (nSPS) is 10.3. The molecule has 0 saturated heterocycles. The largest absolute Gasteiger partial charge is 0.497 e. The Morgan fingerprint density at radius 1 is 1.16 bits per heavy atom. The minimum atomic E-state index is -0.274. The number of benzene rings is 2. The Balaban J connectivity index is 1.64. The van der Waals surface area contributed by atoms with Gasteiger partial charge in [0.05, 0.1) is 12.7 Å². The molecule has 3 aromatic rings. The number of para-hydroxylation sites is 1. The third-order valence-corrected chi connectivity index (χ3v) is 3.39. The molecular weight excluding hydrogens is 322 g/mol. The molecule has 3 rings (SSSR count). The molecule has 0 radical (unpaired) electrons. The van der Waals surface area contributed by atoms with Crippen LogP contribution in [-0.2, 0) is 4.79 Å². The van der Waals surface area contributed by atoms with Crippen molar-refractivity contribution in [1.29, 1.82) is 0 Å². The van der Waals surface area contributed by atoms with Gasteiger partial charge in [0.25, 0.3) is 5.91 Å². The molecule has 0 bridgehead atoms. The first-order valence-electron chi connectivity index (χ1n) is 7.62. The van der Waals surface area contributed by atoms with E-state index in [0.29, 0.717) is 28.7 Å². The number of hydrogen-bond donors (Lipinski definition) is 1. The number of nitrogens with one attached hydrogen (secondary N) is 1. The number of aryl methyl sites for hydroxylation is 1. The molecule has 2 aromatic carbocycles. The summed E-state index contributed by atoms with van der Waals surface area (Å²) < 4.78 is 15.7.